The standard InChI is InChI=1S/C20H16BrPS/c21-20-14-8-7-9-17(20)15-16-22(23,18-10-3-1-4-11-18)19-12-5-2-6-13-19/h1-16H/b16-15+. The van der Waals surface area contributed by atoms with Crippen molar-refractivity contribution in [1.82, 2.24) is 0 Å². The fourth-order valence-corrected chi connectivity index (χ4v) is 5.99. The number of hydrogen-bond acceptors (Lipinski definition) is 1. The van der Waals surface area contributed by atoms with Crippen molar-refractivity contribution in [3.05, 3.63) is 101 Å². The average Bonchev–Trinajstić information content (AvgIpc) is 2.62. The second kappa shape index (κ2) is 7.40. The number of hydrogen-bond donors (Lipinski definition) is 0. The summed E-state index contributed by atoms with van der Waals surface area (Å²) in [5.74, 6) is 2.22. The molecule has 3 aromatic rings. The molecule has 0 bridgehead atoms. The van der Waals surface area contributed by atoms with Gasteiger partial charge >= 0.3 is 0 Å². The van der Waals surface area contributed by atoms with Crippen molar-refractivity contribution in [2.24, 2.45) is 0 Å². The molecule has 3 heteroatoms. The predicted octanol–water partition coefficient (Wildman–Crippen LogP) is 5.55. The molecule has 3 rings (SSSR count). The molecule has 0 nitrogen and oxygen atoms in total. The van der Waals surface area contributed by atoms with E-state index in [2.05, 4.69) is 82.4 Å². The summed E-state index contributed by atoms with van der Waals surface area (Å²) in [6, 6.07) is 27.1. The van der Waals surface area contributed by atoms with E-state index in [1.165, 1.54) is 10.6 Å². The topological polar surface area (TPSA) is 0 Å². The number of rotatable bonds is 4. The molecule has 23 heavy (non-hydrogen) atoms. The minimum atomic E-state index is -1.98. The minimum Gasteiger partial charge on any atom is -0.0832 e. The van der Waals surface area contributed by atoms with Gasteiger partial charge in [-0.1, -0.05) is 113 Å². The molecule has 0 heterocycles. The molecule has 0 aliphatic rings. The van der Waals surface area contributed by atoms with Crippen molar-refractivity contribution < 1.29 is 0 Å². The quantitative estimate of drug-likeness (QED) is 0.519. The Morgan fingerprint density at radius 1 is 0.696 bits per heavy atom. The van der Waals surface area contributed by atoms with Crippen molar-refractivity contribution in [3.8, 4) is 0 Å². The van der Waals surface area contributed by atoms with Gasteiger partial charge in [0.2, 0.25) is 0 Å². The molecule has 0 spiro atoms. The van der Waals surface area contributed by atoms with Gasteiger partial charge in [0.15, 0.2) is 0 Å². The molecule has 3 aromatic carbocycles. The first-order valence-corrected chi connectivity index (χ1v) is 11.0. The molecule has 0 unspecified atom stereocenters. The molecular weight excluding hydrogens is 383 g/mol. The maximum atomic E-state index is 6.19. The summed E-state index contributed by atoms with van der Waals surface area (Å²) in [6.07, 6.45) is 2.14. The molecule has 0 N–H and O–H groups in total. The van der Waals surface area contributed by atoms with Gasteiger partial charge in [0.1, 0.15) is 0 Å². The average molecular weight is 399 g/mol. The Bertz CT molecular complexity index is 814. The molecule has 0 aliphatic carbocycles. The second-order valence-corrected chi connectivity index (χ2v) is 10.4. The van der Waals surface area contributed by atoms with Crippen molar-refractivity contribution in [3.63, 3.8) is 0 Å². The molecule has 0 aromatic heterocycles. The summed E-state index contributed by atoms with van der Waals surface area (Å²) < 4.78 is 1.08. The Kier molecular flexibility index (Phi) is 5.27. The van der Waals surface area contributed by atoms with E-state index in [-0.39, 0.29) is 0 Å². The normalized spacial score (nSPS) is 11.7. The Balaban J connectivity index is 2.11. The van der Waals surface area contributed by atoms with Gasteiger partial charge in [-0.3, -0.25) is 0 Å². The molecule has 0 saturated heterocycles. The van der Waals surface area contributed by atoms with E-state index < -0.39 is 6.04 Å². The monoisotopic (exact) mass is 398 g/mol. The van der Waals surface area contributed by atoms with E-state index in [1.54, 1.807) is 0 Å². The molecular formula is C20H16BrPS. The van der Waals surface area contributed by atoms with Crippen LogP contribution in [0.1, 0.15) is 5.56 Å². The van der Waals surface area contributed by atoms with E-state index in [9.17, 15) is 0 Å². The van der Waals surface area contributed by atoms with E-state index in [4.69, 9.17) is 11.8 Å². The van der Waals surface area contributed by atoms with Gasteiger partial charge in [0.05, 0.1) is 0 Å². The van der Waals surface area contributed by atoms with Gasteiger partial charge in [-0.15, -0.1) is 0 Å². The van der Waals surface area contributed by atoms with Gasteiger partial charge in [0, 0.05) is 10.5 Å². The largest absolute Gasteiger partial charge is 0.0832 e. The Hall–Kier alpha value is -1.47. The van der Waals surface area contributed by atoms with Gasteiger partial charge in [-0.05, 0) is 28.1 Å². The summed E-state index contributed by atoms with van der Waals surface area (Å²) in [5, 5.41) is 2.43. The lowest BCUT2D eigenvalue weighted by atomic mass is 10.2. The maximum Gasteiger partial charge on any atom is 0.0310 e. The van der Waals surface area contributed by atoms with Gasteiger partial charge in [-0.25, -0.2) is 0 Å². The van der Waals surface area contributed by atoms with Crippen LogP contribution < -0.4 is 10.6 Å². The Labute approximate surface area is 151 Å². The molecule has 0 amide bonds. The zero-order chi connectivity index (χ0) is 16.1. The third-order valence-corrected chi connectivity index (χ3v) is 8.70. The van der Waals surface area contributed by atoms with Crippen molar-refractivity contribution in [2.45, 2.75) is 0 Å². The third-order valence-electron chi connectivity index (χ3n) is 3.65. The van der Waals surface area contributed by atoms with Crippen molar-refractivity contribution >= 4 is 50.5 Å². The van der Waals surface area contributed by atoms with Crippen molar-refractivity contribution in [1.29, 1.82) is 0 Å². The molecule has 0 fully saturated rings. The fourth-order valence-electron chi connectivity index (χ4n) is 2.42. The van der Waals surface area contributed by atoms with Crippen LogP contribution in [0, 0.1) is 0 Å². The molecule has 114 valence electrons. The van der Waals surface area contributed by atoms with E-state index >= 15 is 0 Å². The summed E-state index contributed by atoms with van der Waals surface area (Å²) in [4.78, 5) is 0. The van der Waals surface area contributed by atoms with Crippen LogP contribution in [0.5, 0.6) is 0 Å². The molecule has 0 radical (unpaired) electrons. The first kappa shape index (κ1) is 16.4. The van der Waals surface area contributed by atoms with Crippen LogP contribution in [-0.2, 0) is 11.8 Å². The lowest BCUT2D eigenvalue weighted by molar-refractivity contribution is 1.60. The summed E-state index contributed by atoms with van der Waals surface area (Å²) in [7, 11) is 0. The van der Waals surface area contributed by atoms with Gasteiger partial charge in [-0.2, -0.15) is 0 Å². The molecule has 0 saturated carbocycles. The Morgan fingerprint density at radius 2 is 1.17 bits per heavy atom. The zero-order valence-electron chi connectivity index (χ0n) is 12.5. The predicted molar refractivity (Wildman–Crippen MR) is 110 cm³/mol. The summed E-state index contributed by atoms with van der Waals surface area (Å²) in [5.41, 5.74) is 1.15. The minimum absolute atomic E-state index is 1.08. The van der Waals surface area contributed by atoms with Crippen LogP contribution in [0.2, 0.25) is 0 Å². The first-order chi connectivity index (χ1) is 11.2. The van der Waals surface area contributed by atoms with Crippen LogP contribution in [-0.4, -0.2) is 0 Å². The highest BCUT2D eigenvalue weighted by molar-refractivity contribution is 9.10. The van der Waals surface area contributed by atoms with Crippen LogP contribution in [0.4, 0.5) is 0 Å². The van der Waals surface area contributed by atoms with E-state index in [0.29, 0.717) is 0 Å². The van der Waals surface area contributed by atoms with Crippen LogP contribution >= 0.6 is 22.0 Å². The van der Waals surface area contributed by atoms with Crippen LogP contribution in [0.3, 0.4) is 0 Å². The number of halogens is 1. The summed E-state index contributed by atoms with van der Waals surface area (Å²) in [6.45, 7) is 0. The number of benzene rings is 3. The Morgan fingerprint density at radius 3 is 1.70 bits per heavy atom. The van der Waals surface area contributed by atoms with E-state index in [1.807, 2.05) is 30.3 Å². The second-order valence-electron chi connectivity index (χ2n) is 5.17. The lowest BCUT2D eigenvalue weighted by Crippen LogP contribution is -2.13. The smallest absolute Gasteiger partial charge is 0.0310 e. The molecule has 0 atom stereocenters. The SMILES string of the molecule is S=P(/C=C/c1ccccc1Br)(c1ccccc1)c1ccccc1. The maximum absolute atomic E-state index is 6.19. The summed E-state index contributed by atoms with van der Waals surface area (Å²) >= 11 is 9.79. The van der Waals surface area contributed by atoms with E-state index in [0.717, 1.165) is 10.0 Å². The highest BCUT2D eigenvalue weighted by atomic mass is 79.9. The van der Waals surface area contributed by atoms with Crippen LogP contribution in [0.25, 0.3) is 6.08 Å². The highest BCUT2D eigenvalue weighted by Crippen LogP contribution is 2.46. The zero-order valence-corrected chi connectivity index (χ0v) is 15.8. The van der Waals surface area contributed by atoms with Crippen LogP contribution in [0.15, 0.2) is 95.2 Å². The van der Waals surface area contributed by atoms with Gasteiger partial charge < -0.3 is 0 Å². The lowest BCUT2D eigenvalue weighted by Gasteiger charge is -2.19. The highest BCUT2D eigenvalue weighted by Gasteiger charge is 2.18. The van der Waals surface area contributed by atoms with Gasteiger partial charge in [0.25, 0.3) is 0 Å². The third kappa shape index (κ3) is 3.72. The van der Waals surface area contributed by atoms with Crippen molar-refractivity contribution in [2.75, 3.05) is 0 Å². The molecule has 0 aliphatic heterocycles. The fraction of sp³-hybridized carbons (Fsp3) is 0. The first-order valence-electron chi connectivity index (χ1n) is 7.35.